The number of anilines is 4. The van der Waals surface area contributed by atoms with Crippen molar-refractivity contribution in [3.8, 4) is 0 Å². The van der Waals surface area contributed by atoms with Gasteiger partial charge >= 0.3 is 0 Å². The van der Waals surface area contributed by atoms with Gasteiger partial charge in [0.15, 0.2) is 0 Å². The third-order valence-electron chi connectivity index (χ3n) is 5.20. The highest BCUT2D eigenvalue weighted by atomic mass is 79.9. The molecule has 3 aromatic rings. The van der Waals surface area contributed by atoms with Crippen LogP contribution in [0.15, 0.2) is 77.3 Å². The van der Waals surface area contributed by atoms with E-state index in [-0.39, 0.29) is 0 Å². The number of hydrogen-bond acceptors (Lipinski definition) is 4. The van der Waals surface area contributed by atoms with Crippen LogP contribution in [0, 0.1) is 0 Å². The van der Waals surface area contributed by atoms with Crippen molar-refractivity contribution in [1.82, 2.24) is 0 Å². The lowest BCUT2D eigenvalue weighted by molar-refractivity contribution is 0.653. The number of nitrogen functional groups attached to an aromatic ring is 1. The minimum absolute atomic E-state index is 0.770. The predicted molar refractivity (Wildman–Crippen MR) is 123 cm³/mol. The summed E-state index contributed by atoms with van der Waals surface area (Å²) in [6.07, 6.45) is 0. The molecular weight excluding hydrogens is 412 g/mol. The quantitative estimate of drug-likeness (QED) is 0.554. The van der Waals surface area contributed by atoms with Gasteiger partial charge in [0.25, 0.3) is 0 Å². The maximum atomic E-state index is 6.20. The van der Waals surface area contributed by atoms with Gasteiger partial charge in [-0.2, -0.15) is 0 Å². The van der Waals surface area contributed by atoms with Crippen LogP contribution in [0.3, 0.4) is 0 Å². The topological polar surface area (TPSA) is 44.5 Å². The molecule has 1 heterocycles. The highest BCUT2D eigenvalue weighted by Crippen LogP contribution is 2.28. The minimum atomic E-state index is 0.770. The summed E-state index contributed by atoms with van der Waals surface area (Å²) in [6, 6.07) is 25.2. The van der Waals surface area contributed by atoms with Crippen molar-refractivity contribution in [2.45, 2.75) is 6.54 Å². The Morgan fingerprint density at radius 3 is 2.07 bits per heavy atom. The number of benzene rings is 3. The molecule has 0 spiro atoms. The molecule has 3 aromatic carbocycles. The molecule has 1 fully saturated rings. The molecule has 1 aliphatic heterocycles. The summed E-state index contributed by atoms with van der Waals surface area (Å²) in [5.41, 5.74) is 11.7. The van der Waals surface area contributed by atoms with E-state index in [9.17, 15) is 0 Å². The number of nitrogens with one attached hydrogen (secondary N) is 1. The van der Waals surface area contributed by atoms with Gasteiger partial charge in [0.05, 0.1) is 11.4 Å². The first-order valence-corrected chi connectivity index (χ1v) is 10.4. The average Bonchev–Trinajstić information content (AvgIpc) is 2.75. The summed E-state index contributed by atoms with van der Waals surface area (Å²) in [4.78, 5) is 4.87. The fourth-order valence-electron chi connectivity index (χ4n) is 3.56. The van der Waals surface area contributed by atoms with E-state index >= 15 is 0 Å². The van der Waals surface area contributed by atoms with Gasteiger partial charge in [0, 0.05) is 48.6 Å². The Hall–Kier alpha value is -2.66. The van der Waals surface area contributed by atoms with Gasteiger partial charge in [0.1, 0.15) is 0 Å². The van der Waals surface area contributed by atoms with Crippen molar-refractivity contribution < 1.29 is 0 Å². The van der Waals surface area contributed by atoms with Crippen LogP contribution >= 0.6 is 15.9 Å². The van der Waals surface area contributed by atoms with Crippen molar-refractivity contribution in [3.63, 3.8) is 0 Å². The fraction of sp³-hybridized carbons (Fsp3) is 0.217. The zero-order chi connectivity index (χ0) is 19.3. The summed E-state index contributed by atoms with van der Waals surface area (Å²) in [6.45, 7) is 4.79. The number of hydrogen-bond donors (Lipinski definition) is 2. The molecular formula is C23H25BrN4. The Morgan fingerprint density at radius 1 is 0.786 bits per heavy atom. The highest BCUT2D eigenvalue weighted by molar-refractivity contribution is 9.10. The number of nitrogens with zero attached hydrogens (tertiary/aromatic N) is 2. The van der Waals surface area contributed by atoms with Crippen LogP contribution < -0.4 is 20.9 Å². The molecule has 0 radical (unpaired) electrons. The SMILES string of the molecule is Nc1ccc(N2CCN(c3ccc(Br)cc3)CC2)cc1NCc1ccccc1. The normalized spacial score (nSPS) is 14.2. The Balaban J connectivity index is 1.40. The van der Waals surface area contributed by atoms with Crippen molar-refractivity contribution in [2.75, 3.05) is 47.0 Å². The van der Waals surface area contributed by atoms with Crippen LogP contribution in [-0.4, -0.2) is 26.2 Å². The standard InChI is InChI=1S/C23H25BrN4/c24-19-6-8-20(9-7-19)27-12-14-28(15-13-27)21-10-11-22(25)23(16-21)26-17-18-4-2-1-3-5-18/h1-11,16,26H,12-15,17,25H2. The zero-order valence-electron chi connectivity index (χ0n) is 15.8. The second-order valence-corrected chi connectivity index (χ2v) is 7.98. The van der Waals surface area contributed by atoms with E-state index in [1.54, 1.807) is 0 Å². The summed E-state index contributed by atoms with van der Waals surface area (Å²) in [7, 11) is 0. The van der Waals surface area contributed by atoms with Gasteiger partial charge < -0.3 is 20.9 Å². The van der Waals surface area contributed by atoms with E-state index in [4.69, 9.17) is 5.73 Å². The van der Waals surface area contributed by atoms with E-state index in [1.165, 1.54) is 16.9 Å². The third kappa shape index (κ3) is 4.42. The van der Waals surface area contributed by atoms with E-state index in [1.807, 2.05) is 12.1 Å². The van der Waals surface area contributed by atoms with Crippen LogP contribution in [0.25, 0.3) is 0 Å². The average molecular weight is 437 g/mol. The van der Waals surface area contributed by atoms with Crippen LogP contribution in [0.1, 0.15) is 5.56 Å². The smallest absolute Gasteiger partial charge is 0.0597 e. The van der Waals surface area contributed by atoms with E-state index in [2.05, 4.69) is 91.7 Å². The molecule has 0 aliphatic carbocycles. The molecule has 0 unspecified atom stereocenters. The molecule has 0 atom stereocenters. The summed E-state index contributed by atoms with van der Waals surface area (Å²) >= 11 is 3.51. The maximum absolute atomic E-state index is 6.20. The molecule has 4 nitrogen and oxygen atoms in total. The Kier molecular flexibility index (Phi) is 5.72. The lowest BCUT2D eigenvalue weighted by Gasteiger charge is -2.37. The predicted octanol–water partition coefficient (Wildman–Crippen LogP) is 4.97. The zero-order valence-corrected chi connectivity index (χ0v) is 17.4. The van der Waals surface area contributed by atoms with Crippen LogP contribution in [0.5, 0.6) is 0 Å². The first kappa shape index (κ1) is 18.7. The highest BCUT2D eigenvalue weighted by Gasteiger charge is 2.18. The van der Waals surface area contributed by atoms with E-state index in [0.29, 0.717) is 0 Å². The van der Waals surface area contributed by atoms with Crippen LogP contribution in [-0.2, 0) is 6.54 Å². The molecule has 1 saturated heterocycles. The molecule has 0 amide bonds. The summed E-state index contributed by atoms with van der Waals surface area (Å²) < 4.78 is 1.12. The monoisotopic (exact) mass is 436 g/mol. The van der Waals surface area contributed by atoms with Crippen LogP contribution in [0.2, 0.25) is 0 Å². The first-order valence-electron chi connectivity index (χ1n) is 9.62. The molecule has 4 rings (SSSR count). The van der Waals surface area contributed by atoms with Gasteiger partial charge in [-0.3, -0.25) is 0 Å². The molecule has 0 aromatic heterocycles. The number of halogens is 1. The molecule has 144 valence electrons. The minimum Gasteiger partial charge on any atom is -0.397 e. The second kappa shape index (κ2) is 8.57. The van der Waals surface area contributed by atoms with Crippen molar-refractivity contribution in [1.29, 1.82) is 0 Å². The van der Waals surface area contributed by atoms with E-state index in [0.717, 1.165) is 48.6 Å². The lowest BCUT2D eigenvalue weighted by atomic mass is 10.1. The maximum Gasteiger partial charge on any atom is 0.0597 e. The van der Waals surface area contributed by atoms with Crippen molar-refractivity contribution >= 4 is 38.7 Å². The molecule has 5 heteroatoms. The van der Waals surface area contributed by atoms with Gasteiger partial charge in [-0.1, -0.05) is 46.3 Å². The number of piperazine rings is 1. The Morgan fingerprint density at radius 2 is 1.39 bits per heavy atom. The van der Waals surface area contributed by atoms with Crippen LogP contribution in [0.4, 0.5) is 22.7 Å². The van der Waals surface area contributed by atoms with E-state index < -0.39 is 0 Å². The third-order valence-corrected chi connectivity index (χ3v) is 5.73. The van der Waals surface area contributed by atoms with Gasteiger partial charge in [0.2, 0.25) is 0 Å². The van der Waals surface area contributed by atoms with Gasteiger partial charge in [-0.15, -0.1) is 0 Å². The molecule has 1 aliphatic rings. The lowest BCUT2D eigenvalue weighted by Crippen LogP contribution is -2.46. The van der Waals surface area contributed by atoms with Crippen molar-refractivity contribution in [2.24, 2.45) is 0 Å². The van der Waals surface area contributed by atoms with Crippen molar-refractivity contribution in [3.05, 3.63) is 82.8 Å². The second-order valence-electron chi connectivity index (χ2n) is 7.06. The summed E-state index contributed by atoms with van der Waals surface area (Å²) in [5, 5.41) is 3.48. The first-order chi connectivity index (χ1) is 13.7. The fourth-order valence-corrected chi connectivity index (χ4v) is 3.83. The summed E-state index contributed by atoms with van der Waals surface area (Å²) in [5.74, 6) is 0. The Bertz CT molecular complexity index is 904. The molecule has 0 bridgehead atoms. The Labute approximate surface area is 175 Å². The van der Waals surface area contributed by atoms with Gasteiger partial charge in [-0.05, 0) is 48.0 Å². The molecule has 0 saturated carbocycles. The number of rotatable bonds is 5. The van der Waals surface area contributed by atoms with Gasteiger partial charge in [-0.25, -0.2) is 0 Å². The molecule has 28 heavy (non-hydrogen) atoms. The number of nitrogens with two attached hydrogens (primary N) is 1. The largest absolute Gasteiger partial charge is 0.397 e. The molecule has 3 N–H and O–H groups in total.